The highest BCUT2D eigenvalue weighted by atomic mass is 31.2. The maximum atomic E-state index is 10.4. The number of aliphatic hydroxyl groups is 1. The Labute approximate surface area is 80.9 Å². The highest BCUT2D eigenvalue weighted by molar-refractivity contribution is 7.52. The summed E-state index contributed by atoms with van der Waals surface area (Å²) in [5.41, 5.74) is 0. The second kappa shape index (κ2) is 6.07. The zero-order valence-corrected chi connectivity index (χ0v) is 8.59. The summed E-state index contributed by atoms with van der Waals surface area (Å²) in [5.74, 6) is -2.50. The number of amides is 1. The second-order valence-electron chi connectivity index (χ2n) is 2.50. The van der Waals surface area contributed by atoms with Crippen LogP contribution in [0.3, 0.4) is 0 Å². The van der Waals surface area contributed by atoms with E-state index in [-0.39, 0.29) is 24.2 Å². The number of hydrogen-bond donors (Lipinski definition) is 5. The molecule has 1 unspecified atom stereocenters. The van der Waals surface area contributed by atoms with Crippen LogP contribution in [-0.2, 0) is 9.36 Å². The van der Waals surface area contributed by atoms with Crippen LogP contribution in [0, 0.1) is 0 Å². The predicted molar refractivity (Wildman–Crippen MR) is 46.9 cm³/mol. The van der Waals surface area contributed by atoms with Crippen LogP contribution < -0.4 is 6.15 Å². The molecule has 86 valence electrons. The fourth-order valence-electron chi connectivity index (χ4n) is 0.563. The number of carbonyl (C=O) groups is 1. The van der Waals surface area contributed by atoms with Gasteiger partial charge in [-0.1, -0.05) is 0 Å². The molecule has 0 bridgehead atoms. The van der Waals surface area contributed by atoms with Gasteiger partial charge in [-0.25, -0.2) is 5.06 Å². The topological polar surface area (TPSA) is 153 Å². The highest BCUT2D eigenvalue weighted by Gasteiger charge is 2.26. The summed E-state index contributed by atoms with van der Waals surface area (Å²) < 4.78 is 10.4. The minimum absolute atomic E-state index is 0. The van der Waals surface area contributed by atoms with Crippen LogP contribution in [0.1, 0.15) is 13.3 Å². The van der Waals surface area contributed by atoms with Crippen molar-refractivity contribution in [2.45, 2.75) is 19.2 Å². The van der Waals surface area contributed by atoms with Crippen molar-refractivity contribution in [2.24, 2.45) is 0 Å². The van der Waals surface area contributed by atoms with Gasteiger partial charge in [0.25, 0.3) is 0 Å². The Hall–Kier alpha value is -0.500. The van der Waals surface area contributed by atoms with Crippen LogP contribution in [0.15, 0.2) is 0 Å². The summed E-state index contributed by atoms with van der Waals surface area (Å²) in [5, 5.41) is 17.8. The van der Waals surface area contributed by atoms with Gasteiger partial charge in [-0.15, -0.1) is 0 Å². The van der Waals surface area contributed by atoms with E-state index in [4.69, 9.17) is 20.1 Å². The average Bonchev–Trinajstić information content (AvgIpc) is 1.97. The smallest absolute Gasteiger partial charge is 0.353 e. The van der Waals surface area contributed by atoms with Crippen molar-refractivity contribution in [1.82, 2.24) is 11.2 Å². The first-order chi connectivity index (χ1) is 5.75. The van der Waals surface area contributed by atoms with Crippen molar-refractivity contribution in [3.8, 4) is 0 Å². The summed E-state index contributed by atoms with van der Waals surface area (Å²) in [4.78, 5) is 27.2. The molecule has 1 amide bonds. The normalized spacial score (nSPS) is 12.9. The number of hydrogen-bond acceptors (Lipinski definition) is 5. The summed E-state index contributed by atoms with van der Waals surface area (Å²) >= 11 is 0. The first-order valence-corrected chi connectivity index (χ1v) is 5.13. The molecule has 0 aliphatic carbocycles. The third kappa shape index (κ3) is 6.03. The molecular formula is C5H15N2O6P. The van der Waals surface area contributed by atoms with Crippen molar-refractivity contribution in [3.05, 3.63) is 0 Å². The van der Waals surface area contributed by atoms with Gasteiger partial charge in [0.2, 0.25) is 5.91 Å². The zero-order chi connectivity index (χ0) is 10.6. The Balaban J connectivity index is 0. The number of carbonyl (C=O) groups excluding carboxylic acids is 1. The standard InChI is InChI=1S/C5H12NO6P.H3N/c1-4(7)6(9)3-2-5(8)13(10,11)12;/h5,8-9H,2-3H2,1H3,(H2,10,11,12);1H3. The molecule has 0 saturated heterocycles. The molecular weight excluding hydrogens is 215 g/mol. The van der Waals surface area contributed by atoms with Crippen LogP contribution in [0.2, 0.25) is 0 Å². The van der Waals surface area contributed by atoms with Crippen molar-refractivity contribution in [3.63, 3.8) is 0 Å². The summed E-state index contributed by atoms with van der Waals surface area (Å²) in [7, 11) is -4.54. The molecule has 0 aromatic carbocycles. The monoisotopic (exact) mass is 230 g/mol. The molecule has 9 heteroatoms. The maximum Gasteiger partial charge on any atom is 0.353 e. The van der Waals surface area contributed by atoms with Gasteiger partial charge in [0, 0.05) is 13.3 Å². The molecule has 0 aromatic heterocycles. The molecule has 1 atom stereocenters. The third-order valence-electron chi connectivity index (χ3n) is 1.35. The van der Waals surface area contributed by atoms with E-state index < -0.39 is 19.3 Å². The lowest BCUT2D eigenvalue weighted by Crippen LogP contribution is -2.28. The van der Waals surface area contributed by atoms with Crippen LogP contribution in [0.25, 0.3) is 0 Å². The Morgan fingerprint density at radius 2 is 1.93 bits per heavy atom. The molecule has 0 aliphatic heterocycles. The first kappa shape index (κ1) is 15.9. The molecule has 0 rings (SSSR count). The molecule has 14 heavy (non-hydrogen) atoms. The second-order valence-corrected chi connectivity index (χ2v) is 4.27. The number of aliphatic hydroxyl groups excluding tert-OH is 1. The number of nitrogens with zero attached hydrogens (tertiary/aromatic N) is 1. The lowest BCUT2D eigenvalue weighted by atomic mass is 10.4. The van der Waals surface area contributed by atoms with E-state index in [1.165, 1.54) is 0 Å². The predicted octanol–water partition coefficient (Wildman–Crippen LogP) is -0.728. The lowest BCUT2D eigenvalue weighted by Gasteiger charge is -2.16. The summed E-state index contributed by atoms with van der Waals surface area (Å²) in [6.45, 7) is 0.769. The van der Waals surface area contributed by atoms with Crippen molar-refractivity contribution in [2.75, 3.05) is 6.54 Å². The average molecular weight is 230 g/mol. The molecule has 0 saturated carbocycles. The molecule has 0 radical (unpaired) electrons. The largest absolute Gasteiger partial charge is 0.380 e. The SMILES string of the molecule is CC(=O)N(O)CCC(O)P(=O)(O)O.N. The molecule has 7 N–H and O–H groups in total. The Bertz CT molecular complexity index is 228. The van der Waals surface area contributed by atoms with E-state index in [9.17, 15) is 9.36 Å². The van der Waals surface area contributed by atoms with E-state index >= 15 is 0 Å². The Morgan fingerprint density at radius 1 is 1.50 bits per heavy atom. The van der Waals surface area contributed by atoms with Crippen LogP contribution in [0.4, 0.5) is 0 Å². The molecule has 8 nitrogen and oxygen atoms in total. The molecule has 0 aromatic rings. The number of rotatable bonds is 4. The van der Waals surface area contributed by atoms with Gasteiger partial charge in [-0.3, -0.25) is 14.6 Å². The van der Waals surface area contributed by atoms with Crippen molar-refractivity contribution in [1.29, 1.82) is 0 Å². The fraction of sp³-hybridized carbons (Fsp3) is 0.800. The van der Waals surface area contributed by atoms with Crippen LogP contribution in [0.5, 0.6) is 0 Å². The van der Waals surface area contributed by atoms with E-state index in [0.717, 1.165) is 6.92 Å². The lowest BCUT2D eigenvalue weighted by molar-refractivity contribution is -0.163. The van der Waals surface area contributed by atoms with Crippen molar-refractivity contribution >= 4 is 13.5 Å². The van der Waals surface area contributed by atoms with Gasteiger partial charge in [-0.05, 0) is 0 Å². The molecule has 0 aliphatic rings. The fourth-order valence-corrected chi connectivity index (χ4v) is 1.02. The van der Waals surface area contributed by atoms with E-state index in [2.05, 4.69) is 0 Å². The van der Waals surface area contributed by atoms with E-state index in [1.54, 1.807) is 0 Å². The quantitative estimate of drug-likeness (QED) is 0.242. The van der Waals surface area contributed by atoms with E-state index in [0.29, 0.717) is 0 Å². The molecule has 0 spiro atoms. The molecule has 0 fully saturated rings. The van der Waals surface area contributed by atoms with Gasteiger partial charge in [-0.2, -0.15) is 0 Å². The minimum Gasteiger partial charge on any atom is -0.380 e. The minimum atomic E-state index is -4.54. The Morgan fingerprint density at radius 3 is 2.21 bits per heavy atom. The molecule has 0 heterocycles. The van der Waals surface area contributed by atoms with Crippen LogP contribution >= 0.6 is 7.60 Å². The van der Waals surface area contributed by atoms with Gasteiger partial charge >= 0.3 is 7.60 Å². The first-order valence-electron chi connectivity index (χ1n) is 3.45. The summed E-state index contributed by atoms with van der Waals surface area (Å²) in [6.07, 6.45) is -0.375. The summed E-state index contributed by atoms with van der Waals surface area (Å²) in [6, 6.07) is 0. The van der Waals surface area contributed by atoms with Gasteiger partial charge in [0.1, 0.15) is 0 Å². The van der Waals surface area contributed by atoms with Gasteiger partial charge in [0.05, 0.1) is 6.54 Å². The zero-order valence-electron chi connectivity index (χ0n) is 7.70. The van der Waals surface area contributed by atoms with Crippen LogP contribution in [-0.4, -0.2) is 43.5 Å². The highest BCUT2D eigenvalue weighted by Crippen LogP contribution is 2.40. The van der Waals surface area contributed by atoms with Crippen molar-refractivity contribution < 1.29 is 29.5 Å². The van der Waals surface area contributed by atoms with E-state index in [1.807, 2.05) is 0 Å². The van der Waals surface area contributed by atoms with Gasteiger partial charge < -0.3 is 21.0 Å². The number of hydroxylamine groups is 2. The Kier molecular flexibility index (Phi) is 6.92. The third-order valence-corrected chi connectivity index (χ3v) is 2.39. The maximum absolute atomic E-state index is 10.4. The van der Waals surface area contributed by atoms with Gasteiger partial charge in [0.15, 0.2) is 5.85 Å².